The van der Waals surface area contributed by atoms with Gasteiger partial charge in [-0.1, -0.05) is 25.1 Å². The fourth-order valence-corrected chi connectivity index (χ4v) is 8.95. The number of halogens is 6. The molecule has 1 aromatic carbocycles. The Kier molecular flexibility index (Phi) is 16.0. The summed E-state index contributed by atoms with van der Waals surface area (Å²) in [4.78, 5) is 17.2. The smallest absolute Gasteiger partial charge is 0.356 e. The van der Waals surface area contributed by atoms with E-state index in [1.807, 2.05) is 106 Å². The number of aromatic nitrogens is 1. The number of nitrogens with zero attached hydrogens (tertiary/aromatic N) is 1. The van der Waals surface area contributed by atoms with Crippen LogP contribution in [-0.4, -0.2) is 64.5 Å². The lowest BCUT2D eigenvalue weighted by atomic mass is 9.93. The van der Waals surface area contributed by atoms with Crippen molar-refractivity contribution in [2.75, 3.05) is 6.26 Å². The number of hydrogen-bond acceptors (Lipinski definition) is 11. The van der Waals surface area contributed by atoms with Crippen molar-refractivity contribution in [1.82, 2.24) is 10.3 Å². The molecule has 0 radical (unpaired) electrons. The SMILES string of the molecule is CSC1OC([C@H](NC(=O)C(F)(F)F)[C@H](C)Sc2ccc(-c3cccnc3)cc2)C(OSI)C(OSI)C1OSI. The summed E-state index contributed by atoms with van der Waals surface area (Å²) in [5.41, 5.74) is 1.30. The van der Waals surface area contributed by atoms with E-state index in [0.29, 0.717) is 0 Å². The number of rotatable bonds is 13. The zero-order valence-electron chi connectivity index (χ0n) is 20.5. The third-order valence-electron chi connectivity index (χ3n) is 5.79. The summed E-state index contributed by atoms with van der Waals surface area (Å²) in [6.45, 7) is 1.75. The third kappa shape index (κ3) is 9.96. The van der Waals surface area contributed by atoms with Gasteiger partial charge in [0.25, 0.3) is 0 Å². The molecule has 0 aliphatic carbocycles. The molecule has 0 saturated carbocycles. The van der Waals surface area contributed by atoms with E-state index < -0.39 is 53.2 Å². The van der Waals surface area contributed by atoms with Gasteiger partial charge in [0.05, 0.1) is 33.7 Å². The number of carbonyl (C=O) groups excluding carboxylic acids is 1. The lowest BCUT2D eigenvalue weighted by Crippen LogP contribution is -2.65. The summed E-state index contributed by atoms with van der Waals surface area (Å²) in [6, 6.07) is 10.3. The molecule has 2 heterocycles. The number of nitrogens with one attached hydrogen (secondary N) is 1. The molecule has 18 heteroatoms. The van der Waals surface area contributed by atoms with Crippen LogP contribution in [-0.2, 0) is 22.1 Å². The van der Waals surface area contributed by atoms with Crippen LogP contribution in [0, 0.1) is 0 Å². The summed E-state index contributed by atoms with van der Waals surface area (Å²) < 4.78 is 64.4. The summed E-state index contributed by atoms with van der Waals surface area (Å²) in [7, 11) is 3.18. The number of ether oxygens (including phenoxy) is 1. The Labute approximate surface area is 288 Å². The van der Waals surface area contributed by atoms with Crippen LogP contribution in [0.25, 0.3) is 11.1 Å². The Bertz CT molecular complexity index is 1070. The molecule has 1 saturated heterocycles. The second-order valence-corrected chi connectivity index (χ2v) is 14.7. The lowest BCUT2D eigenvalue weighted by Gasteiger charge is -2.47. The molecular weight excluding hydrogens is 970 g/mol. The first kappa shape index (κ1) is 35.9. The normalized spacial score (nSPS) is 24.9. The third-order valence-corrected chi connectivity index (χ3v) is 10.6. The van der Waals surface area contributed by atoms with Crippen LogP contribution in [0.15, 0.2) is 53.7 Å². The van der Waals surface area contributed by atoms with Crippen molar-refractivity contribution in [1.29, 1.82) is 0 Å². The standard InChI is InChI=1S/C22H22F3I3N2O5S5/c1-11(37-14-7-5-12(6-8-14)13-4-3-9-29-10-13)15(30-21(31)22(23,24)25)16-17(33-38-26)18(34-39-27)19(35-40-28)20(32-16)36-2/h3-11,15-20H,1-2H3,(H,30,31)/t11-,15+,16?,17?,18?,19?,20?/m0/s1. The maximum Gasteiger partial charge on any atom is 0.471 e. The molecule has 222 valence electrons. The molecule has 1 aliphatic rings. The summed E-state index contributed by atoms with van der Waals surface area (Å²) >= 11 is 8.54. The first-order chi connectivity index (χ1) is 19.1. The highest BCUT2D eigenvalue weighted by Crippen LogP contribution is 2.42. The minimum Gasteiger partial charge on any atom is -0.356 e. The van der Waals surface area contributed by atoms with Gasteiger partial charge in [-0.2, -0.15) is 13.2 Å². The van der Waals surface area contributed by atoms with Crippen LogP contribution in [0.1, 0.15) is 6.92 Å². The first-order valence-corrected chi connectivity index (χ1v) is 23.2. The Morgan fingerprint density at radius 1 is 1.00 bits per heavy atom. The molecule has 1 fully saturated rings. The predicted molar refractivity (Wildman–Crippen MR) is 185 cm³/mol. The van der Waals surface area contributed by atoms with E-state index in [4.69, 9.17) is 17.3 Å². The van der Waals surface area contributed by atoms with Crippen LogP contribution in [0.4, 0.5) is 13.2 Å². The van der Waals surface area contributed by atoms with Gasteiger partial charge < -0.3 is 10.1 Å². The molecule has 1 amide bonds. The van der Waals surface area contributed by atoms with E-state index >= 15 is 0 Å². The second kappa shape index (κ2) is 17.8. The Morgan fingerprint density at radius 2 is 1.62 bits per heavy atom. The van der Waals surface area contributed by atoms with Crippen molar-refractivity contribution >= 4 is 121 Å². The van der Waals surface area contributed by atoms with Gasteiger partial charge in [-0.05, 0) is 35.6 Å². The number of hydrogen-bond donors (Lipinski definition) is 1. The number of benzene rings is 1. The van der Waals surface area contributed by atoms with E-state index in [1.165, 1.54) is 23.5 Å². The monoisotopic (exact) mass is 992 g/mol. The minimum atomic E-state index is -5.08. The van der Waals surface area contributed by atoms with Gasteiger partial charge in [0.2, 0.25) is 0 Å². The number of amides is 1. The molecule has 2 aromatic rings. The van der Waals surface area contributed by atoms with Crippen LogP contribution in [0.3, 0.4) is 0 Å². The van der Waals surface area contributed by atoms with Gasteiger partial charge >= 0.3 is 12.1 Å². The molecule has 0 bridgehead atoms. The molecule has 1 aromatic heterocycles. The molecule has 3 rings (SSSR count). The van der Waals surface area contributed by atoms with Crippen LogP contribution >= 0.6 is 115 Å². The summed E-state index contributed by atoms with van der Waals surface area (Å²) in [5.74, 6) is -2.05. The summed E-state index contributed by atoms with van der Waals surface area (Å²) in [5, 5.41) is 1.64. The quantitative estimate of drug-likeness (QED) is 0.119. The van der Waals surface area contributed by atoms with Crippen LogP contribution < -0.4 is 5.32 Å². The van der Waals surface area contributed by atoms with Crippen molar-refractivity contribution < 1.29 is 35.3 Å². The van der Waals surface area contributed by atoms with Gasteiger partial charge in [0.15, 0.2) is 0 Å². The van der Waals surface area contributed by atoms with E-state index in [2.05, 4.69) is 10.3 Å². The van der Waals surface area contributed by atoms with Crippen molar-refractivity contribution in [3.05, 3.63) is 48.8 Å². The maximum atomic E-state index is 13.5. The van der Waals surface area contributed by atoms with Gasteiger partial charge in [-0.25, -0.2) is 0 Å². The predicted octanol–water partition coefficient (Wildman–Crippen LogP) is 8.51. The zero-order valence-corrected chi connectivity index (χ0v) is 31.0. The zero-order chi connectivity index (χ0) is 29.3. The van der Waals surface area contributed by atoms with E-state index in [0.717, 1.165) is 43.7 Å². The first-order valence-electron chi connectivity index (χ1n) is 11.2. The van der Waals surface area contributed by atoms with Gasteiger partial charge in [-0.3, -0.25) is 22.3 Å². The molecule has 40 heavy (non-hydrogen) atoms. The van der Waals surface area contributed by atoms with Gasteiger partial charge in [0, 0.05) is 86.2 Å². The van der Waals surface area contributed by atoms with Gasteiger partial charge in [0.1, 0.15) is 29.9 Å². The highest BCUT2D eigenvalue weighted by molar-refractivity contribution is 14.2. The molecule has 1 N–H and O–H groups in total. The number of alkyl halides is 3. The van der Waals surface area contributed by atoms with Crippen molar-refractivity contribution in [3.8, 4) is 11.1 Å². The van der Waals surface area contributed by atoms with E-state index in [-0.39, 0.29) is 0 Å². The largest absolute Gasteiger partial charge is 0.471 e. The highest BCUT2D eigenvalue weighted by atomic mass is 127. The van der Waals surface area contributed by atoms with Crippen molar-refractivity contribution in [3.63, 3.8) is 0 Å². The molecule has 5 unspecified atom stereocenters. The molecule has 7 atom stereocenters. The average molecular weight is 992 g/mol. The molecular formula is C22H22F3I3N2O5S5. The number of thioether (sulfide) groups is 2. The second-order valence-electron chi connectivity index (χ2n) is 8.16. The maximum absolute atomic E-state index is 13.5. The molecule has 7 nitrogen and oxygen atoms in total. The highest BCUT2D eigenvalue weighted by Gasteiger charge is 2.54. The molecule has 1 aliphatic heterocycles. The number of carbonyl (C=O) groups is 1. The van der Waals surface area contributed by atoms with E-state index in [1.54, 1.807) is 19.3 Å². The van der Waals surface area contributed by atoms with Crippen LogP contribution in [0.5, 0.6) is 0 Å². The fraction of sp³-hybridized carbons (Fsp3) is 0.455. The Morgan fingerprint density at radius 3 is 2.17 bits per heavy atom. The van der Waals surface area contributed by atoms with Crippen molar-refractivity contribution in [2.24, 2.45) is 0 Å². The van der Waals surface area contributed by atoms with Crippen LogP contribution in [0.2, 0.25) is 0 Å². The van der Waals surface area contributed by atoms with Crippen molar-refractivity contribution in [2.45, 2.75) is 59.1 Å². The average Bonchev–Trinajstić information content (AvgIpc) is 2.94. The van der Waals surface area contributed by atoms with Gasteiger partial charge in [-0.15, -0.1) is 23.5 Å². The Balaban J connectivity index is 1.94. The minimum absolute atomic E-state index is 0.558. The topological polar surface area (TPSA) is 78.9 Å². The number of pyridine rings is 1. The fourth-order valence-electron chi connectivity index (χ4n) is 4.01. The van der Waals surface area contributed by atoms with E-state index in [9.17, 15) is 18.0 Å². The summed E-state index contributed by atoms with van der Waals surface area (Å²) in [6.07, 6.45) is -2.98. The molecule has 0 spiro atoms. The lowest BCUT2D eigenvalue weighted by molar-refractivity contribution is -0.185. The Hall–Kier alpha value is 1.41.